The zero-order valence-corrected chi connectivity index (χ0v) is 20.8. The Morgan fingerprint density at radius 3 is 2.47 bits per heavy atom. The molecule has 2 saturated carbocycles. The lowest BCUT2D eigenvalue weighted by atomic mass is 9.73. The fourth-order valence-corrected chi connectivity index (χ4v) is 5.70. The van der Waals surface area contributed by atoms with Crippen LogP contribution in [0, 0.1) is 11.2 Å². The van der Waals surface area contributed by atoms with E-state index in [1.807, 2.05) is 13.2 Å². The van der Waals surface area contributed by atoms with Gasteiger partial charge in [0.2, 0.25) is 0 Å². The van der Waals surface area contributed by atoms with Crippen molar-refractivity contribution in [1.29, 1.82) is 0 Å². The molecule has 5 rings (SSSR count). The molecule has 0 spiro atoms. The van der Waals surface area contributed by atoms with E-state index in [9.17, 15) is 4.39 Å². The van der Waals surface area contributed by atoms with Crippen LogP contribution in [0.1, 0.15) is 76.8 Å². The molecule has 3 aliphatic rings. The molecule has 1 aliphatic heterocycles. The summed E-state index contributed by atoms with van der Waals surface area (Å²) in [5.41, 5.74) is 3.13. The molecule has 7 heteroatoms. The zero-order chi connectivity index (χ0) is 23.8. The molecular formula is C27H38FN5O. The summed E-state index contributed by atoms with van der Waals surface area (Å²) in [5.74, 6) is 0.907. The summed E-state index contributed by atoms with van der Waals surface area (Å²) in [6.45, 7) is 8.11. The number of anilines is 1. The quantitative estimate of drug-likeness (QED) is 0.587. The maximum Gasteiger partial charge on any atom is 0.149 e. The number of nitrogens with zero attached hydrogens (tertiary/aromatic N) is 4. The van der Waals surface area contributed by atoms with Crippen molar-refractivity contribution >= 4 is 5.82 Å². The minimum atomic E-state index is -0.308. The first kappa shape index (κ1) is 23.6. The van der Waals surface area contributed by atoms with Crippen molar-refractivity contribution < 1.29 is 9.13 Å². The number of nitrogens with one attached hydrogen (secondary N) is 1. The van der Waals surface area contributed by atoms with Crippen molar-refractivity contribution in [2.45, 2.75) is 82.8 Å². The third kappa shape index (κ3) is 5.41. The monoisotopic (exact) mass is 467 g/mol. The minimum absolute atomic E-state index is 0.0512. The molecule has 184 valence electrons. The molecule has 2 aromatic heterocycles. The van der Waals surface area contributed by atoms with Crippen molar-refractivity contribution in [3.8, 4) is 11.1 Å². The lowest BCUT2D eigenvalue weighted by Crippen LogP contribution is -2.48. The average molecular weight is 468 g/mol. The Hall–Kier alpha value is -2.12. The van der Waals surface area contributed by atoms with Crippen molar-refractivity contribution in [3.05, 3.63) is 36.0 Å². The van der Waals surface area contributed by atoms with E-state index in [1.54, 1.807) is 12.3 Å². The van der Waals surface area contributed by atoms with Gasteiger partial charge in [0.25, 0.3) is 0 Å². The third-order valence-corrected chi connectivity index (χ3v) is 8.37. The SMILES string of the molecule is COC1(C)CCN(CC2(C)CCC(Nc3cc(-c4cc(F)cnc4C4CC4)cnn3)CC2)CC1. The van der Waals surface area contributed by atoms with E-state index in [2.05, 4.69) is 39.2 Å². The summed E-state index contributed by atoms with van der Waals surface area (Å²) in [5, 5.41) is 12.2. The van der Waals surface area contributed by atoms with Crippen LogP contribution in [-0.2, 0) is 4.74 Å². The number of hydrogen-bond acceptors (Lipinski definition) is 6. The molecule has 6 nitrogen and oxygen atoms in total. The van der Waals surface area contributed by atoms with E-state index < -0.39 is 0 Å². The summed E-state index contributed by atoms with van der Waals surface area (Å²) in [6.07, 6.45) is 12.2. The van der Waals surface area contributed by atoms with Gasteiger partial charge in [-0.2, -0.15) is 5.10 Å². The molecule has 3 heterocycles. The first-order chi connectivity index (χ1) is 16.3. The van der Waals surface area contributed by atoms with Gasteiger partial charge in [-0.25, -0.2) is 4.39 Å². The average Bonchev–Trinajstić information content (AvgIpc) is 3.68. The Balaban J connectivity index is 1.18. The molecule has 2 aromatic rings. The lowest BCUT2D eigenvalue weighted by Gasteiger charge is -2.44. The van der Waals surface area contributed by atoms with Crippen LogP contribution >= 0.6 is 0 Å². The van der Waals surface area contributed by atoms with Gasteiger partial charge >= 0.3 is 0 Å². The fraction of sp³-hybridized carbons (Fsp3) is 0.667. The second-order valence-electron chi connectivity index (χ2n) is 11.3. The van der Waals surface area contributed by atoms with Crippen molar-refractivity contribution in [3.63, 3.8) is 0 Å². The van der Waals surface area contributed by atoms with Crippen LogP contribution in [0.2, 0.25) is 0 Å². The largest absolute Gasteiger partial charge is 0.378 e. The number of likely N-dealkylation sites (tertiary alicyclic amines) is 1. The fourth-order valence-electron chi connectivity index (χ4n) is 5.70. The van der Waals surface area contributed by atoms with E-state index in [1.165, 1.54) is 25.6 Å². The molecular weight excluding hydrogens is 429 g/mol. The number of methoxy groups -OCH3 is 1. The Labute approximate surface area is 202 Å². The molecule has 0 unspecified atom stereocenters. The Kier molecular flexibility index (Phi) is 6.60. The number of rotatable bonds is 7. The van der Waals surface area contributed by atoms with E-state index in [-0.39, 0.29) is 11.4 Å². The molecule has 1 N–H and O–H groups in total. The molecule has 2 aliphatic carbocycles. The number of halogens is 1. The van der Waals surface area contributed by atoms with Crippen LogP contribution in [0.3, 0.4) is 0 Å². The molecule has 34 heavy (non-hydrogen) atoms. The zero-order valence-electron chi connectivity index (χ0n) is 20.8. The number of hydrogen-bond donors (Lipinski definition) is 1. The number of piperidine rings is 1. The maximum absolute atomic E-state index is 14.0. The molecule has 1 saturated heterocycles. The first-order valence-corrected chi connectivity index (χ1v) is 12.9. The van der Waals surface area contributed by atoms with Crippen molar-refractivity contribution in [2.24, 2.45) is 5.41 Å². The predicted molar refractivity (Wildman–Crippen MR) is 132 cm³/mol. The van der Waals surface area contributed by atoms with Crippen LogP contribution in [0.25, 0.3) is 11.1 Å². The Morgan fingerprint density at radius 2 is 1.79 bits per heavy atom. The van der Waals surface area contributed by atoms with Crippen LogP contribution in [0.5, 0.6) is 0 Å². The Bertz CT molecular complexity index is 994. The van der Waals surface area contributed by atoms with Gasteiger partial charge in [-0.3, -0.25) is 4.98 Å². The van der Waals surface area contributed by atoms with Gasteiger partial charge in [0.15, 0.2) is 0 Å². The summed E-state index contributed by atoms with van der Waals surface area (Å²) < 4.78 is 19.7. The Morgan fingerprint density at radius 1 is 1.06 bits per heavy atom. The lowest BCUT2D eigenvalue weighted by molar-refractivity contribution is -0.0503. The third-order valence-electron chi connectivity index (χ3n) is 8.37. The number of ether oxygens (including phenoxy) is 1. The second-order valence-corrected chi connectivity index (χ2v) is 11.3. The van der Waals surface area contributed by atoms with E-state index in [0.717, 1.165) is 74.3 Å². The van der Waals surface area contributed by atoms with Crippen molar-refractivity contribution in [1.82, 2.24) is 20.1 Å². The molecule has 3 fully saturated rings. The van der Waals surface area contributed by atoms with Gasteiger partial charge in [-0.1, -0.05) is 6.92 Å². The number of aromatic nitrogens is 3. The summed E-state index contributed by atoms with van der Waals surface area (Å²) in [7, 11) is 1.84. The highest BCUT2D eigenvalue weighted by atomic mass is 19.1. The topological polar surface area (TPSA) is 63.2 Å². The highest BCUT2D eigenvalue weighted by molar-refractivity contribution is 5.68. The highest BCUT2D eigenvalue weighted by Crippen LogP contribution is 2.43. The summed E-state index contributed by atoms with van der Waals surface area (Å²) >= 11 is 0. The van der Waals surface area contributed by atoms with Gasteiger partial charge < -0.3 is 15.0 Å². The van der Waals surface area contributed by atoms with E-state index in [0.29, 0.717) is 17.4 Å². The van der Waals surface area contributed by atoms with Gasteiger partial charge in [0, 0.05) is 49.8 Å². The van der Waals surface area contributed by atoms with Gasteiger partial charge in [0.1, 0.15) is 11.6 Å². The molecule has 0 radical (unpaired) electrons. The predicted octanol–water partition coefficient (Wildman–Crippen LogP) is 5.42. The van der Waals surface area contributed by atoms with Crippen molar-refractivity contribution in [2.75, 3.05) is 32.1 Å². The van der Waals surface area contributed by atoms with Gasteiger partial charge in [0.05, 0.1) is 23.7 Å². The normalized spacial score (nSPS) is 27.5. The summed E-state index contributed by atoms with van der Waals surface area (Å²) in [4.78, 5) is 7.02. The molecule has 0 amide bonds. The van der Waals surface area contributed by atoms with E-state index in [4.69, 9.17) is 4.74 Å². The van der Waals surface area contributed by atoms with Crippen LogP contribution in [0.4, 0.5) is 10.2 Å². The standard InChI is InChI=1S/C27H38FN5O/c1-26(18-33-12-10-27(2,34-3)11-13-33)8-6-22(7-9-26)31-24-14-20(16-30-32-24)23-15-21(28)17-29-25(23)19-4-5-19/h14-17,19,22H,4-13,18H2,1-3H3,(H,31,32). The maximum atomic E-state index is 14.0. The van der Waals surface area contributed by atoms with E-state index >= 15 is 0 Å². The minimum Gasteiger partial charge on any atom is -0.378 e. The van der Waals surface area contributed by atoms with Crippen LogP contribution in [-0.4, -0.2) is 58.5 Å². The highest BCUT2D eigenvalue weighted by Gasteiger charge is 2.36. The smallest absolute Gasteiger partial charge is 0.149 e. The van der Waals surface area contributed by atoms with Gasteiger partial charge in [-0.05, 0) is 75.8 Å². The summed E-state index contributed by atoms with van der Waals surface area (Å²) in [6, 6.07) is 3.98. The second kappa shape index (κ2) is 9.50. The molecule has 0 aromatic carbocycles. The van der Waals surface area contributed by atoms with Crippen LogP contribution < -0.4 is 5.32 Å². The van der Waals surface area contributed by atoms with Gasteiger partial charge in [-0.15, -0.1) is 5.10 Å². The number of pyridine rings is 1. The molecule has 0 bridgehead atoms. The molecule has 0 atom stereocenters. The van der Waals surface area contributed by atoms with Crippen LogP contribution in [0.15, 0.2) is 24.5 Å². The first-order valence-electron chi connectivity index (χ1n) is 12.9.